The van der Waals surface area contributed by atoms with Crippen molar-refractivity contribution in [2.75, 3.05) is 19.6 Å². The number of rotatable bonds is 6. The summed E-state index contributed by atoms with van der Waals surface area (Å²) in [6.45, 7) is 11.6. The van der Waals surface area contributed by atoms with Crippen LogP contribution in [0.3, 0.4) is 0 Å². The van der Waals surface area contributed by atoms with E-state index in [2.05, 4.69) is 38.7 Å². The fraction of sp³-hybridized carbons (Fsp3) is 0.786. The van der Waals surface area contributed by atoms with Crippen LogP contribution < -0.4 is 0 Å². The minimum absolute atomic E-state index is 0.276. The molecule has 98 valence electrons. The van der Waals surface area contributed by atoms with E-state index in [1.54, 1.807) is 0 Å². The van der Waals surface area contributed by atoms with E-state index in [9.17, 15) is 4.79 Å². The average molecular weight is 238 g/mol. The largest absolute Gasteiger partial charge is 0.319 e. The molecule has 0 fully saturated rings. The van der Waals surface area contributed by atoms with Gasteiger partial charge in [0, 0.05) is 31.1 Å². The zero-order valence-corrected chi connectivity index (χ0v) is 11.6. The molecule has 1 aliphatic rings. The molecule has 1 amide bonds. The highest BCUT2D eigenvalue weighted by Gasteiger charge is 2.27. The zero-order chi connectivity index (χ0) is 12.8. The fourth-order valence-electron chi connectivity index (χ4n) is 2.53. The number of carbonyl (C=O) groups excluding carboxylic acids is 1. The molecule has 0 radical (unpaired) electrons. The number of carbonyl (C=O) groups is 1. The first kappa shape index (κ1) is 14.2. The molecule has 0 aromatic carbocycles. The van der Waals surface area contributed by atoms with Crippen LogP contribution in [0.1, 0.15) is 40.5 Å². The average Bonchev–Trinajstić information content (AvgIpc) is 2.33. The molecule has 3 nitrogen and oxygen atoms in total. The van der Waals surface area contributed by atoms with Gasteiger partial charge in [-0.25, -0.2) is 0 Å². The van der Waals surface area contributed by atoms with E-state index in [0.29, 0.717) is 18.4 Å². The standard InChI is InChI=1S/C14H26N2O/c1-5-9-16-10-8-13(11-14(16)17)12(4)15(6-2)7-3/h8,10,12-13H,5-7,9,11H2,1-4H3. The van der Waals surface area contributed by atoms with Crippen LogP contribution in [0.5, 0.6) is 0 Å². The Kier molecular flexibility index (Phi) is 5.69. The van der Waals surface area contributed by atoms with Crippen LogP contribution in [-0.2, 0) is 4.79 Å². The molecule has 2 unspecified atom stereocenters. The van der Waals surface area contributed by atoms with Crippen molar-refractivity contribution in [3.8, 4) is 0 Å². The number of nitrogens with zero attached hydrogens (tertiary/aromatic N) is 2. The molecule has 0 saturated carbocycles. The van der Waals surface area contributed by atoms with Crippen molar-refractivity contribution in [1.29, 1.82) is 0 Å². The summed E-state index contributed by atoms with van der Waals surface area (Å²) in [5.74, 6) is 0.647. The van der Waals surface area contributed by atoms with Gasteiger partial charge in [-0.3, -0.25) is 4.79 Å². The predicted molar refractivity (Wildman–Crippen MR) is 71.6 cm³/mol. The Morgan fingerprint density at radius 3 is 2.53 bits per heavy atom. The molecule has 1 heterocycles. The third-order valence-electron chi connectivity index (χ3n) is 3.72. The monoisotopic (exact) mass is 238 g/mol. The summed E-state index contributed by atoms with van der Waals surface area (Å²) < 4.78 is 0. The summed E-state index contributed by atoms with van der Waals surface area (Å²) in [5, 5.41) is 0. The maximum Gasteiger partial charge on any atom is 0.227 e. The number of hydrogen-bond acceptors (Lipinski definition) is 2. The molecule has 0 bridgehead atoms. The summed E-state index contributed by atoms with van der Waals surface area (Å²) in [7, 11) is 0. The van der Waals surface area contributed by atoms with E-state index in [-0.39, 0.29) is 5.91 Å². The molecule has 0 aromatic rings. The third kappa shape index (κ3) is 3.56. The molecule has 2 atom stereocenters. The van der Waals surface area contributed by atoms with Crippen LogP contribution in [0.2, 0.25) is 0 Å². The van der Waals surface area contributed by atoms with Gasteiger partial charge in [0.25, 0.3) is 0 Å². The molecule has 0 N–H and O–H groups in total. The lowest BCUT2D eigenvalue weighted by atomic mass is 9.93. The lowest BCUT2D eigenvalue weighted by Crippen LogP contribution is -2.42. The quantitative estimate of drug-likeness (QED) is 0.710. The summed E-state index contributed by atoms with van der Waals surface area (Å²) in [5.41, 5.74) is 0. The molecule has 0 saturated heterocycles. The Balaban J connectivity index is 2.63. The van der Waals surface area contributed by atoms with Crippen LogP contribution >= 0.6 is 0 Å². The highest BCUT2D eigenvalue weighted by molar-refractivity contribution is 5.78. The molecule has 1 rings (SSSR count). The van der Waals surface area contributed by atoms with Crippen LogP contribution in [0.25, 0.3) is 0 Å². The van der Waals surface area contributed by atoms with Crippen molar-refractivity contribution >= 4 is 5.91 Å². The van der Waals surface area contributed by atoms with Gasteiger partial charge in [0.1, 0.15) is 0 Å². The molecule has 3 heteroatoms. The minimum Gasteiger partial charge on any atom is -0.319 e. The lowest BCUT2D eigenvalue weighted by molar-refractivity contribution is -0.130. The van der Waals surface area contributed by atoms with Gasteiger partial charge in [0.15, 0.2) is 0 Å². The van der Waals surface area contributed by atoms with E-state index >= 15 is 0 Å². The number of hydrogen-bond donors (Lipinski definition) is 0. The Labute approximate surface area is 105 Å². The SMILES string of the molecule is CCCN1C=CC(C(C)N(CC)CC)CC1=O. The van der Waals surface area contributed by atoms with Gasteiger partial charge < -0.3 is 9.80 Å². The second-order valence-electron chi connectivity index (χ2n) is 4.76. The summed E-state index contributed by atoms with van der Waals surface area (Å²) in [4.78, 5) is 16.2. The molecule has 0 aromatic heterocycles. The predicted octanol–water partition coefficient (Wildman–Crippen LogP) is 2.49. The van der Waals surface area contributed by atoms with Crippen molar-refractivity contribution in [2.24, 2.45) is 5.92 Å². The number of amides is 1. The van der Waals surface area contributed by atoms with E-state index in [0.717, 1.165) is 26.1 Å². The Bertz CT molecular complexity index is 271. The summed E-state index contributed by atoms with van der Waals surface area (Å²) in [6, 6.07) is 0.453. The first-order chi connectivity index (χ1) is 8.13. The summed E-state index contributed by atoms with van der Waals surface area (Å²) in [6.07, 6.45) is 5.88. The lowest BCUT2D eigenvalue weighted by Gasteiger charge is -2.35. The Morgan fingerprint density at radius 1 is 1.41 bits per heavy atom. The van der Waals surface area contributed by atoms with Crippen molar-refractivity contribution in [3.05, 3.63) is 12.3 Å². The van der Waals surface area contributed by atoms with Crippen molar-refractivity contribution in [1.82, 2.24) is 9.80 Å². The van der Waals surface area contributed by atoms with E-state index in [1.165, 1.54) is 0 Å². The first-order valence-electron chi connectivity index (χ1n) is 6.85. The highest BCUT2D eigenvalue weighted by atomic mass is 16.2. The van der Waals surface area contributed by atoms with Gasteiger partial charge in [0.05, 0.1) is 0 Å². The van der Waals surface area contributed by atoms with Crippen LogP contribution in [-0.4, -0.2) is 41.4 Å². The topological polar surface area (TPSA) is 23.6 Å². The molecule has 1 aliphatic heterocycles. The second kappa shape index (κ2) is 6.80. The third-order valence-corrected chi connectivity index (χ3v) is 3.72. The van der Waals surface area contributed by atoms with Crippen LogP contribution in [0.15, 0.2) is 12.3 Å². The maximum atomic E-state index is 12.0. The van der Waals surface area contributed by atoms with Gasteiger partial charge in [-0.2, -0.15) is 0 Å². The Hall–Kier alpha value is -0.830. The molecular weight excluding hydrogens is 212 g/mol. The van der Waals surface area contributed by atoms with Crippen LogP contribution in [0.4, 0.5) is 0 Å². The summed E-state index contributed by atoms with van der Waals surface area (Å²) >= 11 is 0. The molecule has 17 heavy (non-hydrogen) atoms. The van der Waals surface area contributed by atoms with E-state index in [1.807, 2.05) is 11.1 Å². The Morgan fingerprint density at radius 2 is 2.06 bits per heavy atom. The molecule has 0 spiro atoms. The smallest absolute Gasteiger partial charge is 0.227 e. The van der Waals surface area contributed by atoms with E-state index in [4.69, 9.17) is 0 Å². The van der Waals surface area contributed by atoms with Gasteiger partial charge in [-0.15, -0.1) is 0 Å². The van der Waals surface area contributed by atoms with Crippen molar-refractivity contribution in [2.45, 2.75) is 46.6 Å². The molecular formula is C14H26N2O. The highest BCUT2D eigenvalue weighted by Crippen LogP contribution is 2.22. The molecule has 0 aliphatic carbocycles. The maximum absolute atomic E-state index is 12.0. The van der Waals surface area contributed by atoms with E-state index < -0.39 is 0 Å². The normalized spacial score (nSPS) is 22.3. The van der Waals surface area contributed by atoms with Crippen molar-refractivity contribution in [3.63, 3.8) is 0 Å². The van der Waals surface area contributed by atoms with Gasteiger partial charge in [-0.1, -0.05) is 26.8 Å². The van der Waals surface area contributed by atoms with Gasteiger partial charge in [-0.05, 0) is 26.4 Å². The second-order valence-corrected chi connectivity index (χ2v) is 4.76. The van der Waals surface area contributed by atoms with Crippen molar-refractivity contribution < 1.29 is 4.79 Å². The minimum atomic E-state index is 0.276. The van der Waals surface area contributed by atoms with Crippen LogP contribution in [0, 0.1) is 5.92 Å². The fourth-order valence-corrected chi connectivity index (χ4v) is 2.53. The first-order valence-corrected chi connectivity index (χ1v) is 6.85. The zero-order valence-electron chi connectivity index (χ0n) is 11.6. The van der Waals surface area contributed by atoms with Gasteiger partial charge in [0.2, 0.25) is 5.91 Å². The van der Waals surface area contributed by atoms with Gasteiger partial charge >= 0.3 is 0 Å².